The first-order valence-corrected chi connectivity index (χ1v) is 36.0. The van der Waals surface area contributed by atoms with Crippen molar-refractivity contribution in [2.45, 2.75) is 379 Å². The summed E-state index contributed by atoms with van der Waals surface area (Å²) in [4.78, 5) is 37.6. The predicted octanol–water partition coefficient (Wildman–Crippen LogP) is 22.2. The molecule has 0 saturated carbocycles. The third-order valence-electron chi connectivity index (χ3n) is 16.5. The molecule has 0 heterocycles. The average molecular weight is 1160 g/mol. The highest BCUT2D eigenvalue weighted by Crippen LogP contribution is 2.19. The molecule has 0 aliphatic heterocycles. The van der Waals surface area contributed by atoms with E-state index in [-0.39, 0.29) is 38.2 Å². The van der Waals surface area contributed by atoms with Crippen LogP contribution in [0.1, 0.15) is 367 Å². The summed E-state index contributed by atoms with van der Waals surface area (Å²) in [6.45, 7) is 4.95. The van der Waals surface area contributed by atoms with Gasteiger partial charge in [0.05, 0.1) is 34.4 Å². The zero-order chi connectivity index (χ0) is 59.8. The van der Waals surface area contributed by atoms with E-state index in [0.29, 0.717) is 17.4 Å². The number of rotatable bonds is 68. The largest absolute Gasteiger partial charge is 0.477 e. The van der Waals surface area contributed by atoms with Gasteiger partial charge in [0.15, 0.2) is 6.10 Å². The normalized spacial score (nSPS) is 12.7. The van der Waals surface area contributed by atoms with E-state index in [4.69, 9.17) is 18.9 Å². The van der Waals surface area contributed by atoms with Crippen molar-refractivity contribution in [2.24, 2.45) is 0 Å². The molecule has 0 rings (SSSR count). The fourth-order valence-corrected chi connectivity index (χ4v) is 10.9. The standard InChI is InChI=1S/C73H139NO8/c1-6-8-10-12-14-16-18-20-22-24-26-28-30-32-33-34-35-36-37-38-39-40-42-44-46-48-50-52-54-56-58-60-62-64-71(76)82-69(68-81-73(72(77)78)79-66-65-74(3,4)5)67-80-70(75)63-61-59-57-55-53-51-49-47-45-43-41-31-29-27-25-23-21-19-17-15-13-11-9-7-2/h18,20,24,26,69,73H,6-17,19,21-23,25,27-68H2,1-5H3/p+1/b20-18-,26-24-. The van der Waals surface area contributed by atoms with E-state index in [1.54, 1.807) is 0 Å². The first kappa shape index (κ1) is 79.8. The van der Waals surface area contributed by atoms with Crippen LogP contribution in [-0.4, -0.2) is 87.4 Å². The molecule has 0 aliphatic carbocycles. The molecule has 0 aromatic carbocycles. The van der Waals surface area contributed by atoms with E-state index in [9.17, 15) is 19.5 Å². The van der Waals surface area contributed by atoms with Crippen LogP contribution in [-0.2, 0) is 33.3 Å². The second-order valence-corrected chi connectivity index (χ2v) is 25.9. The molecule has 2 unspecified atom stereocenters. The number of aliphatic carboxylic acids is 1. The number of hydrogen-bond donors (Lipinski definition) is 1. The molecule has 0 amide bonds. The molecule has 0 saturated heterocycles. The summed E-state index contributed by atoms with van der Waals surface area (Å²) in [7, 11) is 5.99. The van der Waals surface area contributed by atoms with E-state index >= 15 is 0 Å². The number of esters is 2. The van der Waals surface area contributed by atoms with Gasteiger partial charge in [-0.3, -0.25) is 9.59 Å². The first-order chi connectivity index (χ1) is 40.1. The van der Waals surface area contributed by atoms with Crippen LogP contribution in [0.25, 0.3) is 0 Å². The maximum Gasteiger partial charge on any atom is 0.361 e. The third kappa shape index (κ3) is 65.3. The maximum absolute atomic E-state index is 12.9. The van der Waals surface area contributed by atoms with Gasteiger partial charge in [0.25, 0.3) is 6.29 Å². The van der Waals surface area contributed by atoms with Crippen LogP contribution in [0.15, 0.2) is 24.3 Å². The molecule has 1 N–H and O–H groups in total. The second-order valence-electron chi connectivity index (χ2n) is 25.9. The van der Waals surface area contributed by atoms with E-state index in [0.717, 1.165) is 44.9 Å². The van der Waals surface area contributed by atoms with Gasteiger partial charge in [-0.05, 0) is 44.9 Å². The summed E-state index contributed by atoms with van der Waals surface area (Å²) in [6.07, 6.45) is 77.3. The molecule has 9 nitrogen and oxygen atoms in total. The number of allylic oxidation sites excluding steroid dienone is 4. The second kappa shape index (κ2) is 64.8. The van der Waals surface area contributed by atoms with Crippen molar-refractivity contribution in [3.05, 3.63) is 24.3 Å². The number of quaternary nitrogens is 1. The highest BCUT2D eigenvalue weighted by Gasteiger charge is 2.25. The third-order valence-corrected chi connectivity index (χ3v) is 16.5. The molecule has 0 spiro atoms. The number of unbranched alkanes of at least 4 members (excludes halogenated alkanes) is 49. The maximum atomic E-state index is 12.9. The number of carboxylic acids is 1. The Bertz CT molecular complexity index is 1390. The van der Waals surface area contributed by atoms with Crippen molar-refractivity contribution in [2.75, 3.05) is 47.5 Å². The molecule has 9 heteroatoms. The Hall–Kier alpha value is -2.23. The lowest BCUT2D eigenvalue weighted by molar-refractivity contribution is -0.870. The van der Waals surface area contributed by atoms with Crippen molar-refractivity contribution in [3.63, 3.8) is 0 Å². The van der Waals surface area contributed by atoms with Crippen molar-refractivity contribution in [3.8, 4) is 0 Å². The highest BCUT2D eigenvalue weighted by atomic mass is 16.7. The fraction of sp³-hybridized carbons (Fsp3) is 0.904. The lowest BCUT2D eigenvalue weighted by Gasteiger charge is -2.25. The Morgan fingerprint density at radius 2 is 0.659 bits per heavy atom. The molecule has 82 heavy (non-hydrogen) atoms. The summed E-state index contributed by atoms with van der Waals surface area (Å²) in [5, 5.41) is 9.75. The number of carboxylic acid groups (broad SMARTS) is 1. The lowest BCUT2D eigenvalue weighted by atomic mass is 10.0. The van der Waals surface area contributed by atoms with Gasteiger partial charge in [-0.1, -0.05) is 334 Å². The van der Waals surface area contributed by atoms with E-state index in [1.165, 1.54) is 295 Å². The fourth-order valence-electron chi connectivity index (χ4n) is 10.9. The molecule has 0 fully saturated rings. The molecule has 0 bridgehead atoms. The summed E-state index contributed by atoms with van der Waals surface area (Å²) in [5.41, 5.74) is 0. The van der Waals surface area contributed by atoms with Gasteiger partial charge in [0.1, 0.15) is 13.2 Å². The molecule has 0 aliphatic rings. The summed E-state index contributed by atoms with van der Waals surface area (Å²) in [6, 6.07) is 0. The van der Waals surface area contributed by atoms with E-state index in [2.05, 4.69) is 38.2 Å². The zero-order valence-corrected chi connectivity index (χ0v) is 55.4. The summed E-state index contributed by atoms with van der Waals surface area (Å²) in [5.74, 6) is -1.97. The van der Waals surface area contributed by atoms with Crippen LogP contribution >= 0.6 is 0 Å². The van der Waals surface area contributed by atoms with Crippen LogP contribution in [0.2, 0.25) is 0 Å². The van der Waals surface area contributed by atoms with Crippen LogP contribution in [0, 0.1) is 0 Å². The minimum Gasteiger partial charge on any atom is -0.477 e. The number of ether oxygens (including phenoxy) is 4. The van der Waals surface area contributed by atoms with Gasteiger partial charge < -0.3 is 28.5 Å². The van der Waals surface area contributed by atoms with Crippen LogP contribution in [0.3, 0.4) is 0 Å². The van der Waals surface area contributed by atoms with Crippen molar-refractivity contribution < 1.29 is 42.9 Å². The van der Waals surface area contributed by atoms with Gasteiger partial charge in [-0.2, -0.15) is 0 Å². The van der Waals surface area contributed by atoms with Gasteiger partial charge in [0, 0.05) is 12.8 Å². The van der Waals surface area contributed by atoms with E-state index < -0.39 is 18.4 Å². The minimum absolute atomic E-state index is 0.174. The topological polar surface area (TPSA) is 108 Å². The van der Waals surface area contributed by atoms with Crippen molar-refractivity contribution in [1.82, 2.24) is 0 Å². The Balaban J connectivity index is 4.03. The minimum atomic E-state index is -1.51. The quantitative estimate of drug-likeness (QED) is 0.0211. The Morgan fingerprint density at radius 1 is 0.366 bits per heavy atom. The number of likely N-dealkylation sites (N-methyl/N-ethyl adjacent to an activating group) is 1. The van der Waals surface area contributed by atoms with E-state index in [1.807, 2.05) is 21.1 Å². The van der Waals surface area contributed by atoms with Gasteiger partial charge in [-0.25, -0.2) is 4.79 Å². The number of hydrogen-bond acceptors (Lipinski definition) is 7. The molecular formula is C73H140NO8+. The molecular weight excluding hydrogens is 1020 g/mol. The van der Waals surface area contributed by atoms with Gasteiger partial charge in [0.2, 0.25) is 0 Å². The number of nitrogens with zero attached hydrogens (tertiary/aromatic N) is 1. The molecule has 484 valence electrons. The van der Waals surface area contributed by atoms with Crippen molar-refractivity contribution in [1.29, 1.82) is 0 Å². The monoisotopic (exact) mass is 1160 g/mol. The Labute approximate surface area is 509 Å². The average Bonchev–Trinajstić information content (AvgIpc) is 3.45. The number of carbonyl (C=O) groups excluding carboxylic acids is 2. The summed E-state index contributed by atoms with van der Waals surface area (Å²) >= 11 is 0. The van der Waals surface area contributed by atoms with Crippen LogP contribution in [0.5, 0.6) is 0 Å². The zero-order valence-electron chi connectivity index (χ0n) is 55.4. The van der Waals surface area contributed by atoms with Crippen LogP contribution < -0.4 is 0 Å². The Kier molecular flexibility index (Phi) is 63.0. The summed E-state index contributed by atoms with van der Waals surface area (Å²) < 4.78 is 23.0. The molecule has 0 radical (unpaired) electrons. The first-order valence-electron chi connectivity index (χ1n) is 36.0. The van der Waals surface area contributed by atoms with Crippen LogP contribution in [0.4, 0.5) is 0 Å². The Morgan fingerprint density at radius 3 is 0.963 bits per heavy atom. The molecule has 0 aromatic rings. The smallest absolute Gasteiger partial charge is 0.361 e. The van der Waals surface area contributed by atoms with Gasteiger partial charge >= 0.3 is 17.9 Å². The SMILES string of the molecule is CCCCCCC/C=C\C/C=C\CCCCCCCCCCCCCCCCCCCCCCCC(=O)OC(COC(=O)CCCCCCCCCCCCCCCCCCCCCCCCCC)COC(OCC[N+](C)(C)C)C(=O)O. The molecule has 0 aromatic heterocycles. The van der Waals surface area contributed by atoms with Crippen molar-refractivity contribution >= 4 is 17.9 Å². The lowest BCUT2D eigenvalue weighted by Crippen LogP contribution is -2.40. The molecule has 2 atom stereocenters. The number of carbonyl (C=O) groups is 3. The highest BCUT2D eigenvalue weighted by molar-refractivity contribution is 5.71. The predicted molar refractivity (Wildman–Crippen MR) is 351 cm³/mol. The van der Waals surface area contributed by atoms with Gasteiger partial charge in [-0.15, -0.1) is 0 Å².